The third-order valence-electron chi connectivity index (χ3n) is 13.9. The van der Waals surface area contributed by atoms with Gasteiger partial charge in [-0.3, -0.25) is 4.79 Å². The largest absolute Gasteiger partial charge is 0.394 e. The number of hydrogen-bond donors (Lipinski definition) is 9. The molecule has 0 aromatic rings. The minimum Gasteiger partial charge on any atom is -0.394 e. The van der Waals surface area contributed by atoms with Crippen LogP contribution in [0.4, 0.5) is 0 Å². The monoisotopic (exact) mass is 1110 g/mol. The maximum absolute atomic E-state index is 13.2. The predicted molar refractivity (Wildman–Crippen MR) is 318 cm³/mol. The molecule has 9 N–H and O–H groups in total. The lowest BCUT2D eigenvalue weighted by Gasteiger charge is -2.46. The summed E-state index contributed by atoms with van der Waals surface area (Å²) in [6.45, 7) is 2.68. The average molecular weight is 1110 g/mol. The fraction of sp³-hybridized carbons (Fsp3) is 0.677. The molecule has 79 heavy (non-hydrogen) atoms. The summed E-state index contributed by atoms with van der Waals surface area (Å²) in [5, 5.41) is 87.1. The first-order valence-corrected chi connectivity index (χ1v) is 30.3. The van der Waals surface area contributed by atoms with Crippen LogP contribution >= 0.6 is 0 Å². The lowest BCUT2D eigenvalue weighted by atomic mass is 9.97. The number of unbranched alkanes of at least 4 members (excludes halogenated alkanes) is 13. The Kier molecular flexibility index (Phi) is 44.4. The van der Waals surface area contributed by atoms with Gasteiger partial charge in [0.25, 0.3) is 0 Å². The normalized spacial score (nSPS) is 25.3. The zero-order valence-corrected chi connectivity index (χ0v) is 48.3. The molecule has 14 heteroatoms. The molecule has 450 valence electrons. The van der Waals surface area contributed by atoms with Crippen molar-refractivity contribution < 1.29 is 64.6 Å². The van der Waals surface area contributed by atoms with Crippen LogP contribution in [-0.4, -0.2) is 140 Å². The van der Waals surface area contributed by atoms with Crippen molar-refractivity contribution in [3.63, 3.8) is 0 Å². The standard InChI is InChI=1S/C65H107NO13/c1-3-5-7-9-11-13-15-17-18-19-20-21-22-23-24-25-26-27-28-29-30-31-32-33-34-35-36-37-39-41-43-45-47-49-57(70)66-53(54(69)48-46-44-42-40-38-16-14-12-10-8-6-4-2)52-76-64-62(75)60(73)63(56(51-68)78-64)79-65-61(74)59(72)58(71)55(50-67)77-65/h5,7,11,13,17-18,20-21,23-24,26-27,29-30,32-33,35-36,39,41,53-56,58-65,67-69,71-75H,3-4,6,8-10,12,14-16,19,22,25,28,31,34,37-38,40,42-52H2,1-2H3,(H,66,70)/b7-5-,13-11-,18-17-,21-20-,24-23-,27-26-,30-29-,33-32-,36-35-,41-39-. The van der Waals surface area contributed by atoms with Crippen molar-refractivity contribution in [2.75, 3.05) is 19.8 Å². The number of carbonyl (C=O) groups excluding carboxylic acids is 1. The summed E-state index contributed by atoms with van der Waals surface area (Å²) in [6.07, 6.45) is 53.5. The molecule has 2 aliphatic rings. The van der Waals surface area contributed by atoms with Crippen LogP contribution < -0.4 is 5.32 Å². The number of aliphatic hydroxyl groups is 8. The molecule has 0 saturated carbocycles. The Hall–Kier alpha value is -3.61. The molecule has 2 fully saturated rings. The molecule has 0 spiro atoms. The first-order chi connectivity index (χ1) is 38.6. The zero-order chi connectivity index (χ0) is 57.4. The second kappa shape index (κ2) is 49.0. The zero-order valence-electron chi connectivity index (χ0n) is 48.3. The van der Waals surface area contributed by atoms with Crippen molar-refractivity contribution in [1.82, 2.24) is 5.32 Å². The maximum atomic E-state index is 13.2. The number of carbonyl (C=O) groups is 1. The third kappa shape index (κ3) is 34.4. The van der Waals surface area contributed by atoms with E-state index in [9.17, 15) is 45.6 Å². The third-order valence-corrected chi connectivity index (χ3v) is 13.9. The number of allylic oxidation sites excluding steroid dienone is 20. The van der Waals surface area contributed by atoms with Gasteiger partial charge in [0, 0.05) is 6.42 Å². The van der Waals surface area contributed by atoms with Crippen LogP contribution in [0.3, 0.4) is 0 Å². The van der Waals surface area contributed by atoms with E-state index < -0.39 is 86.8 Å². The van der Waals surface area contributed by atoms with Crippen molar-refractivity contribution in [1.29, 1.82) is 0 Å². The van der Waals surface area contributed by atoms with Gasteiger partial charge in [0.2, 0.25) is 5.91 Å². The van der Waals surface area contributed by atoms with E-state index in [4.69, 9.17) is 18.9 Å². The highest BCUT2D eigenvalue weighted by Gasteiger charge is 2.51. The summed E-state index contributed by atoms with van der Waals surface area (Å²) in [6, 6.07) is -0.860. The fourth-order valence-electron chi connectivity index (χ4n) is 9.09. The molecule has 2 saturated heterocycles. The van der Waals surface area contributed by atoms with Crippen molar-refractivity contribution in [2.45, 2.75) is 261 Å². The number of ether oxygens (including phenoxy) is 4. The molecule has 14 nitrogen and oxygen atoms in total. The predicted octanol–water partition coefficient (Wildman–Crippen LogP) is 10.6. The van der Waals surface area contributed by atoms with E-state index in [1.165, 1.54) is 51.4 Å². The van der Waals surface area contributed by atoms with Gasteiger partial charge < -0.3 is 65.1 Å². The molecule has 0 aliphatic carbocycles. The van der Waals surface area contributed by atoms with Crippen molar-refractivity contribution in [3.05, 3.63) is 122 Å². The highest BCUT2D eigenvalue weighted by molar-refractivity contribution is 5.76. The molecular weight excluding hydrogens is 1000 g/mol. The van der Waals surface area contributed by atoms with Gasteiger partial charge >= 0.3 is 0 Å². The topological polar surface area (TPSA) is 228 Å². The molecule has 2 heterocycles. The van der Waals surface area contributed by atoms with Crippen LogP contribution in [0.1, 0.15) is 187 Å². The van der Waals surface area contributed by atoms with Crippen LogP contribution in [0.15, 0.2) is 122 Å². The van der Waals surface area contributed by atoms with Gasteiger partial charge in [-0.05, 0) is 89.9 Å². The highest BCUT2D eigenvalue weighted by atomic mass is 16.7. The van der Waals surface area contributed by atoms with Crippen molar-refractivity contribution in [3.8, 4) is 0 Å². The molecule has 1 amide bonds. The van der Waals surface area contributed by atoms with Crippen molar-refractivity contribution >= 4 is 5.91 Å². The van der Waals surface area contributed by atoms with Crippen LogP contribution in [-0.2, 0) is 23.7 Å². The minimum absolute atomic E-state index is 0.240. The van der Waals surface area contributed by atoms with Crippen LogP contribution in [0, 0.1) is 0 Å². The van der Waals surface area contributed by atoms with Gasteiger partial charge in [-0.1, -0.05) is 212 Å². The van der Waals surface area contributed by atoms with Gasteiger partial charge in [0.1, 0.15) is 48.8 Å². The fourth-order valence-corrected chi connectivity index (χ4v) is 9.09. The molecule has 2 aliphatic heterocycles. The van der Waals surface area contributed by atoms with Gasteiger partial charge in [0.15, 0.2) is 12.6 Å². The van der Waals surface area contributed by atoms with Gasteiger partial charge in [0.05, 0.1) is 32.0 Å². The summed E-state index contributed by atoms with van der Waals surface area (Å²) >= 11 is 0. The number of rotatable bonds is 46. The van der Waals surface area contributed by atoms with Crippen LogP contribution in [0.25, 0.3) is 0 Å². The first kappa shape index (κ1) is 71.5. The lowest BCUT2D eigenvalue weighted by molar-refractivity contribution is -0.359. The van der Waals surface area contributed by atoms with Crippen LogP contribution in [0.2, 0.25) is 0 Å². The van der Waals surface area contributed by atoms with E-state index >= 15 is 0 Å². The first-order valence-electron chi connectivity index (χ1n) is 30.3. The second-order valence-corrected chi connectivity index (χ2v) is 20.7. The molecule has 0 radical (unpaired) electrons. The van der Waals surface area contributed by atoms with E-state index in [1.54, 1.807) is 0 Å². The molecular formula is C65H107NO13. The summed E-state index contributed by atoms with van der Waals surface area (Å²) < 4.78 is 22.8. The Bertz CT molecular complexity index is 1790. The van der Waals surface area contributed by atoms with Gasteiger partial charge in [-0.15, -0.1) is 0 Å². The molecule has 0 aromatic carbocycles. The van der Waals surface area contributed by atoms with Gasteiger partial charge in [-0.25, -0.2) is 0 Å². The molecule has 12 unspecified atom stereocenters. The summed E-state index contributed by atoms with van der Waals surface area (Å²) in [4.78, 5) is 13.2. The highest BCUT2D eigenvalue weighted by Crippen LogP contribution is 2.30. The van der Waals surface area contributed by atoms with Gasteiger partial charge in [-0.2, -0.15) is 0 Å². The molecule has 2 rings (SSSR count). The number of amides is 1. The van der Waals surface area contributed by atoms with E-state index in [0.717, 1.165) is 103 Å². The van der Waals surface area contributed by atoms with E-state index in [1.807, 2.05) is 0 Å². The Labute approximate surface area is 476 Å². The van der Waals surface area contributed by atoms with E-state index in [0.29, 0.717) is 12.8 Å². The lowest BCUT2D eigenvalue weighted by Crippen LogP contribution is -2.65. The number of nitrogens with one attached hydrogen (secondary N) is 1. The molecule has 0 bridgehead atoms. The number of hydrogen-bond acceptors (Lipinski definition) is 13. The number of aliphatic hydroxyl groups excluding tert-OH is 8. The smallest absolute Gasteiger partial charge is 0.220 e. The Morgan fingerprint density at radius 2 is 0.873 bits per heavy atom. The minimum atomic E-state index is -1.79. The summed E-state index contributed by atoms with van der Waals surface area (Å²) in [5.74, 6) is -0.256. The quantitative estimate of drug-likeness (QED) is 0.0204. The Morgan fingerprint density at radius 3 is 1.32 bits per heavy atom. The molecule has 12 atom stereocenters. The molecule has 0 aromatic heterocycles. The Morgan fingerprint density at radius 1 is 0.468 bits per heavy atom. The summed E-state index contributed by atoms with van der Waals surface area (Å²) in [5.41, 5.74) is 0. The summed E-state index contributed by atoms with van der Waals surface area (Å²) in [7, 11) is 0. The van der Waals surface area contributed by atoms with Crippen LogP contribution in [0.5, 0.6) is 0 Å². The average Bonchev–Trinajstić information content (AvgIpc) is 3.49. The van der Waals surface area contributed by atoms with Crippen molar-refractivity contribution in [2.24, 2.45) is 0 Å². The maximum Gasteiger partial charge on any atom is 0.220 e. The Balaban J connectivity index is 1.72. The van der Waals surface area contributed by atoms with E-state index in [2.05, 4.69) is 141 Å². The second-order valence-electron chi connectivity index (χ2n) is 20.7. The SMILES string of the molecule is CC/C=C\C/C=C\C/C=C\C/C=C\C/C=C\C/C=C\C/C=C\C/C=C\C/C=C\C/C=C\CCCCC(=O)NC(COC1OC(CO)C(OC2OC(CO)C(O)C(O)C2O)C(O)C1O)C(O)CCCCCCCCCCCCCC. The van der Waals surface area contributed by atoms with E-state index in [-0.39, 0.29) is 18.9 Å².